The molecule has 0 spiro atoms. The van der Waals surface area contributed by atoms with Crippen LogP contribution in [0.4, 0.5) is 0 Å². The predicted molar refractivity (Wildman–Crippen MR) is 23.6 cm³/mol. The first kappa shape index (κ1) is 18.9. The van der Waals surface area contributed by atoms with Crippen LogP contribution in [0.5, 0.6) is 0 Å². The van der Waals surface area contributed by atoms with Crippen molar-refractivity contribution >= 4 is 7.32 Å². The Morgan fingerprint density at radius 3 is 2.00 bits per heavy atom. The maximum absolute atomic E-state index is 9.57. The van der Waals surface area contributed by atoms with E-state index in [1.165, 1.54) is 7.11 Å². The zero-order valence-electron chi connectivity index (χ0n) is 6.62. The van der Waals surface area contributed by atoms with Gasteiger partial charge in [0.1, 0.15) is 0 Å². The second kappa shape index (κ2) is 14.7. The molecule has 0 aromatic carbocycles. The minimum atomic E-state index is -2.18. The van der Waals surface area contributed by atoms with Crippen molar-refractivity contribution in [2.75, 3.05) is 20.3 Å². The van der Waals surface area contributed by atoms with Gasteiger partial charge < -0.3 is 19.4 Å². The van der Waals surface area contributed by atoms with Crippen LogP contribution < -0.4 is 113 Å². The first-order valence-electron chi connectivity index (χ1n) is 2.19. The Labute approximate surface area is 146 Å². The Morgan fingerprint density at radius 2 is 1.70 bits per heavy atom. The second-order valence-corrected chi connectivity index (χ2v) is 1.15. The van der Waals surface area contributed by atoms with E-state index in [-0.39, 0.29) is 109 Å². The molecule has 0 saturated heterocycles. The van der Waals surface area contributed by atoms with Crippen LogP contribution in [0.3, 0.4) is 0 Å². The zero-order chi connectivity index (χ0) is 6.41. The molecule has 0 rings (SSSR count). The van der Waals surface area contributed by atoms with Crippen molar-refractivity contribution in [3.63, 3.8) is 0 Å². The Balaban J connectivity index is -0.000000245. The van der Waals surface area contributed by atoms with Crippen LogP contribution >= 0.6 is 0 Å². The monoisotopic (exact) mass is 196 g/mol. The van der Waals surface area contributed by atoms with E-state index in [0.717, 1.165) is 0 Å². The van der Waals surface area contributed by atoms with E-state index in [0.29, 0.717) is 6.61 Å². The number of ether oxygens (including phenoxy) is 1. The van der Waals surface area contributed by atoms with Gasteiger partial charge in [-0.1, -0.05) is 0 Å². The molecule has 0 atom stereocenters. The fourth-order valence-electron chi connectivity index (χ4n) is 0.228. The Bertz CT molecular complexity index is 55.8. The third-order valence-corrected chi connectivity index (χ3v) is 0.541. The summed E-state index contributed by atoms with van der Waals surface area (Å²) in [6.07, 6.45) is 0. The molecule has 10 heavy (non-hydrogen) atoms. The predicted octanol–water partition coefficient (Wildman–Crippen LogP) is -8.64. The van der Waals surface area contributed by atoms with Crippen molar-refractivity contribution in [3.05, 3.63) is 0 Å². The summed E-state index contributed by atoms with van der Waals surface area (Å²) in [6, 6.07) is 0. The normalized spacial score (nSPS) is 7.50. The fraction of sp³-hybridized carbons (Fsp3) is 1.00. The molecule has 4 nitrogen and oxygen atoms in total. The van der Waals surface area contributed by atoms with Gasteiger partial charge in [-0.15, -0.1) is 0 Å². The average Bonchev–Trinajstić information content (AvgIpc) is 1.66. The van der Waals surface area contributed by atoms with E-state index in [1.54, 1.807) is 0 Å². The first-order chi connectivity index (χ1) is 3.77. The summed E-state index contributed by atoms with van der Waals surface area (Å²) in [5, 5.41) is 19.1. The first-order valence-corrected chi connectivity index (χ1v) is 2.19. The summed E-state index contributed by atoms with van der Waals surface area (Å²) in [5.74, 6) is 0. The maximum atomic E-state index is 9.57. The van der Waals surface area contributed by atoms with Crippen molar-refractivity contribution in [3.8, 4) is 0 Å². The minimum Gasteiger partial charge on any atom is -0.871 e. The van der Waals surface area contributed by atoms with Crippen LogP contribution in [0.25, 0.3) is 0 Å². The fourth-order valence-corrected chi connectivity index (χ4v) is 0.228. The number of hydrogen-bond acceptors (Lipinski definition) is 4. The average molecular weight is 196 g/mol. The van der Waals surface area contributed by atoms with Crippen molar-refractivity contribution in [1.29, 1.82) is 0 Å². The molecule has 0 unspecified atom stereocenters. The minimum absolute atomic E-state index is 0. The van der Waals surface area contributed by atoms with Crippen LogP contribution in [0, 0.1) is 0 Å². The van der Waals surface area contributed by atoms with Gasteiger partial charge in [0.15, 0.2) is 0 Å². The summed E-state index contributed by atoms with van der Waals surface area (Å²) in [4.78, 5) is 0. The smallest absolute Gasteiger partial charge is 0.871 e. The summed E-state index contributed by atoms with van der Waals surface area (Å²) < 4.78 is 8.54. The van der Waals surface area contributed by atoms with Crippen LogP contribution in [-0.4, -0.2) is 27.6 Å². The SMILES string of the molecule is COCCOB([O-])[O-].[K+].[K+]. The van der Waals surface area contributed by atoms with Crippen LogP contribution in [0.15, 0.2) is 0 Å². The molecule has 0 heterocycles. The Kier molecular flexibility index (Phi) is 27.7. The molecular weight excluding hydrogens is 189 g/mol. The number of rotatable bonds is 4. The maximum Gasteiger partial charge on any atom is 1.00 e. The molecule has 0 aliphatic heterocycles. The van der Waals surface area contributed by atoms with E-state index in [4.69, 9.17) is 0 Å². The van der Waals surface area contributed by atoms with Gasteiger partial charge in [-0.05, 0) is 0 Å². The standard InChI is InChI=1S/C3H7BO4.2K/c1-7-2-3-8-4(5)6;;/h2-3H2,1H3;;/q-2;2*+1. The van der Waals surface area contributed by atoms with Crippen LogP contribution in [-0.2, 0) is 9.39 Å². The van der Waals surface area contributed by atoms with E-state index >= 15 is 0 Å². The van der Waals surface area contributed by atoms with Gasteiger partial charge in [0.2, 0.25) is 0 Å². The number of hydrogen-bond donors (Lipinski definition) is 0. The summed E-state index contributed by atoms with van der Waals surface area (Å²) in [7, 11) is -0.710. The molecule has 0 amide bonds. The van der Waals surface area contributed by atoms with Gasteiger partial charge in [-0.2, -0.15) is 0 Å². The molecule has 0 aliphatic rings. The van der Waals surface area contributed by atoms with E-state index < -0.39 is 7.32 Å². The third-order valence-electron chi connectivity index (χ3n) is 0.541. The molecule has 48 valence electrons. The zero-order valence-corrected chi connectivity index (χ0v) is 12.9. The van der Waals surface area contributed by atoms with Gasteiger partial charge in [0, 0.05) is 13.7 Å². The molecular formula is C3H7BK2O4. The summed E-state index contributed by atoms with van der Waals surface area (Å²) in [6.45, 7) is 0.370. The van der Waals surface area contributed by atoms with Crippen molar-refractivity contribution in [2.24, 2.45) is 0 Å². The Hall–Kier alpha value is 3.18. The molecule has 0 bridgehead atoms. The van der Waals surface area contributed by atoms with Crippen molar-refractivity contribution in [2.45, 2.75) is 0 Å². The van der Waals surface area contributed by atoms with Gasteiger partial charge in [0.05, 0.1) is 13.9 Å². The molecule has 0 N–H and O–H groups in total. The Morgan fingerprint density at radius 1 is 1.20 bits per heavy atom. The molecule has 0 fully saturated rings. The summed E-state index contributed by atoms with van der Waals surface area (Å²) in [5.41, 5.74) is 0. The topological polar surface area (TPSA) is 64.6 Å². The molecule has 7 heteroatoms. The molecule has 0 aromatic rings. The van der Waals surface area contributed by atoms with Crippen LogP contribution in [0.1, 0.15) is 0 Å². The van der Waals surface area contributed by atoms with E-state index in [2.05, 4.69) is 9.39 Å². The van der Waals surface area contributed by atoms with Gasteiger partial charge >= 0.3 is 103 Å². The summed E-state index contributed by atoms with van der Waals surface area (Å²) >= 11 is 0. The van der Waals surface area contributed by atoms with Gasteiger partial charge in [-0.3, -0.25) is 0 Å². The van der Waals surface area contributed by atoms with E-state index in [1.807, 2.05) is 0 Å². The van der Waals surface area contributed by atoms with E-state index in [9.17, 15) is 10.0 Å². The molecule has 0 aromatic heterocycles. The van der Waals surface area contributed by atoms with Crippen LogP contribution in [0.2, 0.25) is 0 Å². The molecule has 0 saturated carbocycles. The quantitative estimate of drug-likeness (QED) is 0.331. The van der Waals surface area contributed by atoms with Crippen molar-refractivity contribution < 1.29 is 122 Å². The van der Waals surface area contributed by atoms with Gasteiger partial charge in [0.25, 0.3) is 0 Å². The number of methoxy groups -OCH3 is 1. The molecule has 0 aliphatic carbocycles. The van der Waals surface area contributed by atoms with Crippen molar-refractivity contribution in [1.82, 2.24) is 0 Å². The molecule has 0 radical (unpaired) electrons. The third kappa shape index (κ3) is 17.3. The van der Waals surface area contributed by atoms with Gasteiger partial charge in [-0.25, -0.2) is 0 Å². The second-order valence-electron chi connectivity index (χ2n) is 1.15. The largest absolute Gasteiger partial charge is 1.00 e.